The smallest absolute Gasteiger partial charge is 0.303 e. The van der Waals surface area contributed by atoms with Crippen molar-refractivity contribution in [2.75, 3.05) is 55.9 Å². The minimum absolute atomic E-state index is 0.0142. The summed E-state index contributed by atoms with van der Waals surface area (Å²) in [7, 11) is 9.77. The van der Waals surface area contributed by atoms with Gasteiger partial charge in [-0.2, -0.15) is 0 Å². The molecule has 0 unspecified atom stereocenters. The first-order valence-corrected chi connectivity index (χ1v) is 31.2. The summed E-state index contributed by atoms with van der Waals surface area (Å²) in [5.74, 6) is -11.2. The number of amides is 11. The second-order valence-electron chi connectivity index (χ2n) is 26.2. The number of hydrogen-bond acceptors (Lipinski definition) is 13. The van der Waals surface area contributed by atoms with Crippen LogP contribution in [0.25, 0.3) is 0 Å². The van der Waals surface area contributed by atoms with Gasteiger partial charge < -0.3 is 60.3 Å². The average Bonchev–Trinajstić information content (AvgIpc) is 2.69. The Labute approximate surface area is 525 Å². The molecule has 0 bridgehead atoms. The van der Waals surface area contributed by atoms with Crippen molar-refractivity contribution >= 4 is 70.9 Å². The number of likely N-dealkylation sites (N-methyl/N-ethyl adjacent to an activating group) is 7. The fraction of sp³-hybridized carbons (Fsp3) is 0.750. The Morgan fingerprint density at radius 2 is 1.01 bits per heavy atom. The molecule has 1 fully saturated rings. The number of ether oxygens (including phenoxy) is 1. The van der Waals surface area contributed by atoms with Crippen LogP contribution in [0.5, 0.6) is 0 Å². The van der Waals surface area contributed by atoms with Crippen LogP contribution in [0.1, 0.15) is 157 Å². The molecular weight excluding hydrogens is 1130 g/mol. The van der Waals surface area contributed by atoms with Gasteiger partial charge in [-0.25, -0.2) is 0 Å². The summed E-state index contributed by atoms with van der Waals surface area (Å²) in [6.45, 7) is 30.1. The zero-order valence-electron chi connectivity index (χ0n) is 57.7. The van der Waals surface area contributed by atoms with E-state index in [1.807, 2.05) is 47.6 Å². The molecule has 0 aromatic rings. The lowest BCUT2D eigenvalue weighted by Crippen LogP contribution is -2.64. The minimum Gasteiger partial charge on any atom is -0.459 e. The van der Waals surface area contributed by atoms with Crippen LogP contribution >= 0.6 is 0 Å². The molecule has 1 heterocycles. The van der Waals surface area contributed by atoms with Crippen molar-refractivity contribution in [2.45, 2.75) is 217 Å². The third-order valence-corrected chi connectivity index (χ3v) is 15.9. The van der Waals surface area contributed by atoms with Crippen molar-refractivity contribution < 1.29 is 62.3 Å². The van der Waals surface area contributed by atoms with Crippen LogP contribution in [0.2, 0.25) is 0 Å². The van der Waals surface area contributed by atoms with E-state index < -0.39 is 156 Å². The van der Waals surface area contributed by atoms with Crippen molar-refractivity contribution in [3.8, 4) is 0 Å². The molecular formula is C64H111N11O13. The summed E-state index contributed by atoms with van der Waals surface area (Å²) in [4.78, 5) is 182. The van der Waals surface area contributed by atoms with Gasteiger partial charge in [-0.1, -0.05) is 115 Å². The molecule has 0 aromatic carbocycles. The highest BCUT2D eigenvalue weighted by Crippen LogP contribution is 2.27. The first-order valence-electron chi connectivity index (χ1n) is 31.2. The van der Waals surface area contributed by atoms with Crippen LogP contribution in [-0.4, -0.2) is 222 Å². The van der Waals surface area contributed by atoms with Crippen molar-refractivity contribution in [1.82, 2.24) is 55.6 Å². The second-order valence-corrected chi connectivity index (χ2v) is 26.2. The Kier molecular flexibility index (Phi) is 32.3. The summed E-state index contributed by atoms with van der Waals surface area (Å²) in [5.41, 5.74) is -0.144. The van der Waals surface area contributed by atoms with Crippen molar-refractivity contribution in [3.63, 3.8) is 0 Å². The molecule has 0 radical (unpaired) electrons. The van der Waals surface area contributed by atoms with Crippen LogP contribution in [-0.2, 0) is 62.3 Å². The van der Waals surface area contributed by atoms with E-state index in [-0.39, 0.29) is 61.5 Å². The highest BCUT2D eigenvalue weighted by molar-refractivity contribution is 6.02. The Morgan fingerprint density at radius 1 is 0.545 bits per heavy atom. The maximum atomic E-state index is 15.4. The van der Waals surface area contributed by atoms with Gasteiger partial charge in [0.1, 0.15) is 66.2 Å². The van der Waals surface area contributed by atoms with Gasteiger partial charge in [0.15, 0.2) is 0 Å². The molecule has 0 aromatic heterocycles. The molecule has 24 heteroatoms. The molecule has 0 saturated carbocycles. The van der Waals surface area contributed by atoms with Crippen molar-refractivity contribution in [2.24, 2.45) is 41.4 Å². The lowest BCUT2D eigenvalue weighted by Gasteiger charge is -2.42. The first kappa shape index (κ1) is 79.1. The SMILES string of the molecule is C/C=C/C[C@@H](C)[C@@H](OC(C)=O)[C@@H]1C(=O)N[C@@H](CC)C(=O)N(C)CC(=O)N(C)/C(=C\C(C)C)C(=O)N[C@@H](C(C)C)C(=O)N(C)[C@@H](CC(C)C)C(=O)N[C@@H](C)C(=O)N[C@H](C)C(=O)N(C)[C@@H](CC(C)C)C(=O)N(C)[C@@H](CC(C)C)C(=O)N(C)[C@@H](C(C)C)C(=O)N1C. The monoisotopic (exact) mass is 1240 g/mol. The normalized spacial score (nSPS) is 25.9. The fourth-order valence-corrected chi connectivity index (χ4v) is 10.7. The Hall–Kier alpha value is -6.88. The molecule has 24 nitrogen and oxygen atoms in total. The van der Waals surface area contributed by atoms with Crippen LogP contribution < -0.4 is 21.3 Å². The van der Waals surface area contributed by atoms with Gasteiger partial charge in [0.05, 0.1) is 6.54 Å². The predicted octanol–water partition coefficient (Wildman–Crippen LogP) is 3.97. The van der Waals surface area contributed by atoms with Crippen molar-refractivity contribution in [3.05, 3.63) is 23.9 Å². The fourth-order valence-electron chi connectivity index (χ4n) is 10.7. The molecule has 88 heavy (non-hydrogen) atoms. The molecule has 0 spiro atoms. The average molecular weight is 1240 g/mol. The molecule has 1 saturated heterocycles. The Morgan fingerprint density at radius 3 is 1.47 bits per heavy atom. The number of hydrogen-bond donors (Lipinski definition) is 4. The first-order chi connectivity index (χ1) is 40.6. The molecule has 500 valence electrons. The highest BCUT2D eigenvalue weighted by Gasteiger charge is 2.46. The van der Waals surface area contributed by atoms with Crippen LogP contribution in [0.15, 0.2) is 23.9 Å². The number of rotatable bonds is 15. The molecule has 1 aliphatic heterocycles. The van der Waals surface area contributed by atoms with Crippen molar-refractivity contribution in [1.29, 1.82) is 0 Å². The molecule has 1 rings (SSSR count). The predicted molar refractivity (Wildman–Crippen MR) is 338 cm³/mol. The Balaban J connectivity index is 4.45. The Bertz CT molecular complexity index is 2510. The second kappa shape index (κ2) is 35.9. The maximum absolute atomic E-state index is 15.4. The van der Waals surface area contributed by atoms with Gasteiger partial charge in [-0.05, 0) is 94.3 Å². The summed E-state index contributed by atoms with van der Waals surface area (Å²) in [6, 6.07) is -11.4. The van der Waals surface area contributed by atoms with E-state index in [1.165, 1.54) is 95.8 Å². The van der Waals surface area contributed by atoms with Gasteiger partial charge in [0.2, 0.25) is 59.1 Å². The third kappa shape index (κ3) is 22.3. The van der Waals surface area contributed by atoms with Crippen LogP contribution in [0.4, 0.5) is 0 Å². The van der Waals surface area contributed by atoms with Gasteiger partial charge in [0.25, 0.3) is 5.91 Å². The van der Waals surface area contributed by atoms with Gasteiger partial charge in [-0.3, -0.25) is 57.5 Å². The minimum atomic E-state index is -1.61. The third-order valence-electron chi connectivity index (χ3n) is 15.9. The summed E-state index contributed by atoms with van der Waals surface area (Å²) in [5, 5.41) is 10.9. The number of carbonyl (C=O) groups is 12. The molecule has 4 N–H and O–H groups in total. The van der Waals surface area contributed by atoms with E-state index in [1.54, 1.807) is 68.4 Å². The van der Waals surface area contributed by atoms with Gasteiger partial charge >= 0.3 is 5.97 Å². The van der Waals surface area contributed by atoms with Crippen LogP contribution in [0.3, 0.4) is 0 Å². The quantitative estimate of drug-likeness (QED) is 0.103. The highest BCUT2D eigenvalue weighted by atomic mass is 16.5. The van der Waals surface area contributed by atoms with Crippen LogP contribution in [0, 0.1) is 41.4 Å². The summed E-state index contributed by atoms with van der Waals surface area (Å²) in [6.07, 6.45) is 4.48. The molecule has 11 atom stereocenters. The van der Waals surface area contributed by atoms with E-state index >= 15 is 19.2 Å². The van der Waals surface area contributed by atoms with E-state index in [0.29, 0.717) is 0 Å². The molecule has 0 aliphatic carbocycles. The summed E-state index contributed by atoms with van der Waals surface area (Å²) >= 11 is 0. The number of nitrogens with zero attached hydrogens (tertiary/aromatic N) is 7. The zero-order valence-corrected chi connectivity index (χ0v) is 57.7. The van der Waals surface area contributed by atoms with E-state index in [9.17, 15) is 38.4 Å². The number of allylic oxidation sites excluding steroid dienone is 3. The number of nitrogens with one attached hydrogen (secondary N) is 4. The van der Waals surface area contributed by atoms with Gasteiger partial charge in [0, 0.05) is 56.3 Å². The lowest BCUT2D eigenvalue weighted by atomic mass is 9.91. The van der Waals surface area contributed by atoms with E-state index in [2.05, 4.69) is 21.3 Å². The zero-order chi connectivity index (χ0) is 68.3. The van der Waals surface area contributed by atoms with E-state index in [0.717, 1.165) is 14.7 Å². The summed E-state index contributed by atoms with van der Waals surface area (Å²) < 4.78 is 5.92. The molecule has 1 aliphatic rings. The lowest BCUT2D eigenvalue weighted by molar-refractivity contribution is -0.164. The van der Waals surface area contributed by atoms with E-state index in [4.69, 9.17) is 4.74 Å². The largest absolute Gasteiger partial charge is 0.459 e. The standard InChI is InChI=1S/C64H111N11O13/c1-26-28-29-41(15)54(88-44(18)76)53-58(81)67-45(27-2)60(83)69(19)34-50(77)70(20)46(30-35(3)4)57(80)68-51(39(11)12)63(86)71(21)47(31-36(5)6)56(79)65-42(16)55(78)66-43(17)59(82)72(22)48(32-37(7)8)61(84)73(23)49(33-38(9)10)62(85)74(24)52(40(13)14)64(87)75(53)25/h26,28,30,35-43,45,47-49,51-54H,27,29,31-34H2,1-25H3,(H,65,79)(H,66,78)(H,67,81)(H,68,80)/b28-26+,46-30-/t41-,42+,43-,45+,47+,48+,49+,51+,52+,53-,54-/m1/s1. The number of carbonyl (C=O) groups excluding carboxylic acids is 12. The maximum Gasteiger partial charge on any atom is 0.303 e. The van der Waals surface area contributed by atoms with Gasteiger partial charge in [-0.15, -0.1) is 0 Å². The number of esters is 1. The molecule has 11 amide bonds. The topological polar surface area (TPSA) is 285 Å².